The minimum absolute atomic E-state index is 0.283. The molecule has 0 aromatic carbocycles. The van der Waals surface area contributed by atoms with Gasteiger partial charge >= 0.3 is 5.97 Å². The molecule has 1 aliphatic rings. The average Bonchev–Trinajstić information content (AvgIpc) is 2.90. The van der Waals surface area contributed by atoms with Crippen molar-refractivity contribution in [3.8, 4) is 0 Å². The number of hydrogen-bond acceptors (Lipinski definition) is 3. The Labute approximate surface area is 89.0 Å². The number of rotatable bonds is 4. The fraction of sp³-hybridized carbons (Fsp3) is 0.545. The Morgan fingerprint density at radius 2 is 2.40 bits per heavy atom. The van der Waals surface area contributed by atoms with Crippen LogP contribution in [0.4, 0.5) is 5.69 Å². The Balaban J connectivity index is 2.15. The molecule has 1 heterocycles. The highest BCUT2D eigenvalue weighted by Crippen LogP contribution is 2.31. The molecule has 0 saturated heterocycles. The van der Waals surface area contributed by atoms with E-state index >= 15 is 0 Å². The highest BCUT2D eigenvalue weighted by molar-refractivity contribution is 5.89. The number of hydrogen-bond donors (Lipinski definition) is 1. The Kier molecular flexibility index (Phi) is 2.66. The smallest absolute Gasteiger partial charge is 0.355 e. The number of carbonyl (C=O) groups is 1. The van der Waals surface area contributed by atoms with Gasteiger partial charge in [-0.3, -0.25) is 0 Å². The summed E-state index contributed by atoms with van der Waals surface area (Å²) in [5, 5.41) is 0. The van der Waals surface area contributed by atoms with E-state index in [0.717, 1.165) is 6.54 Å². The molecule has 0 radical (unpaired) electrons. The molecule has 4 heteroatoms. The number of ether oxygens (including phenoxy) is 1. The van der Waals surface area contributed by atoms with E-state index in [-0.39, 0.29) is 5.97 Å². The van der Waals surface area contributed by atoms with Crippen LogP contribution >= 0.6 is 0 Å². The number of anilines is 1. The molecule has 2 rings (SSSR count). The molecule has 15 heavy (non-hydrogen) atoms. The van der Waals surface area contributed by atoms with E-state index in [1.165, 1.54) is 12.8 Å². The fourth-order valence-electron chi connectivity index (χ4n) is 1.64. The van der Waals surface area contributed by atoms with Gasteiger partial charge < -0.3 is 15.0 Å². The van der Waals surface area contributed by atoms with Crippen molar-refractivity contribution in [2.24, 2.45) is 5.92 Å². The summed E-state index contributed by atoms with van der Waals surface area (Å²) >= 11 is 0. The third-order valence-corrected chi connectivity index (χ3v) is 2.55. The van der Waals surface area contributed by atoms with Gasteiger partial charge in [-0.15, -0.1) is 0 Å². The van der Waals surface area contributed by atoms with E-state index < -0.39 is 0 Å². The second-order valence-corrected chi connectivity index (χ2v) is 3.97. The standard InChI is InChI=1S/C11H16N2O2/c1-2-15-11(14)10-5-9(12)7-13(10)6-8-3-4-8/h5,7-8H,2-4,6,12H2,1H3. The molecule has 4 nitrogen and oxygen atoms in total. The van der Waals surface area contributed by atoms with Gasteiger partial charge in [0.1, 0.15) is 5.69 Å². The van der Waals surface area contributed by atoms with Crippen LogP contribution in [0, 0.1) is 5.92 Å². The van der Waals surface area contributed by atoms with Gasteiger partial charge in [0.15, 0.2) is 0 Å². The van der Waals surface area contributed by atoms with Crippen LogP contribution in [-0.4, -0.2) is 17.1 Å². The van der Waals surface area contributed by atoms with E-state index in [9.17, 15) is 4.79 Å². The number of esters is 1. The van der Waals surface area contributed by atoms with Gasteiger partial charge in [0.2, 0.25) is 0 Å². The summed E-state index contributed by atoms with van der Waals surface area (Å²) in [7, 11) is 0. The minimum Gasteiger partial charge on any atom is -0.461 e. The van der Waals surface area contributed by atoms with Crippen LogP contribution in [0.15, 0.2) is 12.3 Å². The van der Waals surface area contributed by atoms with Gasteiger partial charge in [-0.2, -0.15) is 0 Å². The van der Waals surface area contributed by atoms with Crippen molar-refractivity contribution in [3.05, 3.63) is 18.0 Å². The molecule has 0 bridgehead atoms. The van der Waals surface area contributed by atoms with Crippen LogP contribution in [-0.2, 0) is 11.3 Å². The van der Waals surface area contributed by atoms with Gasteiger partial charge in [-0.1, -0.05) is 0 Å². The first-order chi connectivity index (χ1) is 7.20. The van der Waals surface area contributed by atoms with Crippen molar-refractivity contribution >= 4 is 11.7 Å². The third kappa shape index (κ3) is 2.32. The molecule has 2 N–H and O–H groups in total. The van der Waals surface area contributed by atoms with Crippen LogP contribution in [0.2, 0.25) is 0 Å². The van der Waals surface area contributed by atoms with Gasteiger partial charge in [-0.25, -0.2) is 4.79 Å². The third-order valence-electron chi connectivity index (χ3n) is 2.55. The summed E-state index contributed by atoms with van der Waals surface area (Å²) < 4.78 is 6.88. The molecule has 0 unspecified atom stereocenters. The lowest BCUT2D eigenvalue weighted by atomic mass is 10.4. The summed E-state index contributed by atoms with van der Waals surface area (Å²) in [5.41, 5.74) is 6.88. The van der Waals surface area contributed by atoms with Crippen LogP contribution in [0.1, 0.15) is 30.3 Å². The average molecular weight is 208 g/mol. The van der Waals surface area contributed by atoms with E-state index in [4.69, 9.17) is 10.5 Å². The molecule has 0 atom stereocenters. The molecule has 1 saturated carbocycles. The SMILES string of the molecule is CCOC(=O)c1cc(N)cn1CC1CC1. The number of nitrogens with zero attached hydrogens (tertiary/aromatic N) is 1. The highest BCUT2D eigenvalue weighted by Gasteiger charge is 2.24. The predicted octanol–water partition coefficient (Wildman–Crippen LogP) is 1.66. The van der Waals surface area contributed by atoms with Crippen LogP contribution in [0.3, 0.4) is 0 Å². The normalized spacial score (nSPS) is 15.3. The number of nitrogens with two attached hydrogens (primary N) is 1. The first-order valence-corrected chi connectivity index (χ1v) is 5.33. The maximum absolute atomic E-state index is 11.6. The Morgan fingerprint density at radius 1 is 1.67 bits per heavy atom. The summed E-state index contributed by atoms with van der Waals surface area (Å²) in [6, 6.07) is 1.68. The van der Waals surface area contributed by atoms with E-state index in [1.807, 2.05) is 10.8 Å². The largest absolute Gasteiger partial charge is 0.461 e. The van der Waals surface area contributed by atoms with E-state index in [0.29, 0.717) is 23.9 Å². The zero-order chi connectivity index (χ0) is 10.8. The first-order valence-electron chi connectivity index (χ1n) is 5.33. The van der Waals surface area contributed by atoms with E-state index in [2.05, 4.69) is 0 Å². The molecule has 1 fully saturated rings. The fourth-order valence-corrected chi connectivity index (χ4v) is 1.64. The number of nitrogen functional groups attached to an aromatic ring is 1. The Hall–Kier alpha value is -1.45. The second kappa shape index (κ2) is 3.96. The van der Waals surface area contributed by atoms with Crippen molar-refractivity contribution in [1.29, 1.82) is 0 Å². The number of aromatic nitrogens is 1. The molecule has 0 spiro atoms. The van der Waals surface area contributed by atoms with Crippen molar-refractivity contribution < 1.29 is 9.53 Å². The maximum Gasteiger partial charge on any atom is 0.355 e. The zero-order valence-electron chi connectivity index (χ0n) is 8.90. The lowest BCUT2D eigenvalue weighted by molar-refractivity contribution is 0.0513. The first kappa shape index (κ1) is 10.1. The second-order valence-electron chi connectivity index (χ2n) is 3.97. The molecule has 82 valence electrons. The molecular formula is C11H16N2O2. The van der Waals surface area contributed by atoms with Crippen LogP contribution in [0.25, 0.3) is 0 Å². The Morgan fingerprint density at radius 3 is 3.00 bits per heavy atom. The van der Waals surface area contributed by atoms with Gasteiger partial charge in [0.05, 0.1) is 12.3 Å². The van der Waals surface area contributed by atoms with Crippen molar-refractivity contribution in [2.75, 3.05) is 12.3 Å². The van der Waals surface area contributed by atoms with Gasteiger partial charge in [-0.05, 0) is 31.7 Å². The van der Waals surface area contributed by atoms with Gasteiger partial charge in [0.25, 0.3) is 0 Å². The lowest BCUT2D eigenvalue weighted by Gasteiger charge is -2.06. The van der Waals surface area contributed by atoms with Crippen LogP contribution < -0.4 is 5.73 Å². The quantitative estimate of drug-likeness (QED) is 0.765. The molecule has 0 aliphatic heterocycles. The zero-order valence-corrected chi connectivity index (χ0v) is 8.90. The van der Waals surface area contributed by atoms with Crippen molar-refractivity contribution in [3.63, 3.8) is 0 Å². The molecule has 1 aromatic rings. The molecule has 0 amide bonds. The predicted molar refractivity (Wildman–Crippen MR) is 57.5 cm³/mol. The minimum atomic E-state index is -0.283. The van der Waals surface area contributed by atoms with E-state index in [1.54, 1.807) is 13.0 Å². The monoisotopic (exact) mass is 208 g/mol. The Bertz CT molecular complexity index is 367. The molecular weight excluding hydrogens is 192 g/mol. The summed E-state index contributed by atoms with van der Waals surface area (Å²) in [4.78, 5) is 11.6. The summed E-state index contributed by atoms with van der Waals surface area (Å²) in [5.74, 6) is 0.430. The highest BCUT2D eigenvalue weighted by atomic mass is 16.5. The van der Waals surface area contributed by atoms with Gasteiger partial charge in [0, 0.05) is 12.7 Å². The summed E-state index contributed by atoms with van der Waals surface area (Å²) in [6.45, 7) is 3.08. The topological polar surface area (TPSA) is 57.2 Å². The molecule has 1 aromatic heterocycles. The summed E-state index contributed by atoms with van der Waals surface area (Å²) in [6.07, 6.45) is 4.31. The lowest BCUT2D eigenvalue weighted by Crippen LogP contribution is -2.12. The number of carbonyl (C=O) groups excluding carboxylic acids is 1. The maximum atomic E-state index is 11.6. The van der Waals surface area contributed by atoms with Crippen molar-refractivity contribution in [1.82, 2.24) is 4.57 Å². The van der Waals surface area contributed by atoms with Crippen LogP contribution in [0.5, 0.6) is 0 Å². The molecule has 1 aliphatic carbocycles. The van der Waals surface area contributed by atoms with Crippen molar-refractivity contribution in [2.45, 2.75) is 26.3 Å².